The van der Waals surface area contributed by atoms with Crippen LogP contribution in [-0.2, 0) is 0 Å². The number of nitrogen functional groups attached to an aromatic ring is 1. The number of aliphatic hydroxyl groups is 1. The van der Waals surface area contributed by atoms with Crippen molar-refractivity contribution >= 4 is 17.3 Å². The molecule has 0 aliphatic heterocycles. The van der Waals surface area contributed by atoms with Crippen LogP contribution in [-0.4, -0.2) is 42.2 Å². The van der Waals surface area contributed by atoms with Crippen molar-refractivity contribution in [2.24, 2.45) is 0 Å². The fourth-order valence-corrected chi connectivity index (χ4v) is 1.63. The monoisotopic (exact) mass is 265 g/mol. The van der Waals surface area contributed by atoms with Gasteiger partial charge in [-0.25, -0.2) is 0 Å². The van der Waals surface area contributed by atoms with Gasteiger partial charge < -0.3 is 21.1 Å². The van der Waals surface area contributed by atoms with Gasteiger partial charge >= 0.3 is 0 Å². The topological polar surface area (TPSA) is 78.6 Å². The molecule has 0 aliphatic rings. The highest BCUT2D eigenvalue weighted by Gasteiger charge is 2.21. The molecule has 1 aromatic carbocycles. The summed E-state index contributed by atoms with van der Waals surface area (Å²) in [5.74, 6) is -0.0846. The number of carbonyl (C=O) groups excluding carboxylic acids is 1. The second-order valence-corrected chi connectivity index (χ2v) is 5.20. The Morgan fingerprint density at radius 1 is 1.47 bits per heavy atom. The molecule has 4 N–H and O–H groups in total. The third-order valence-electron chi connectivity index (χ3n) is 3.27. The van der Waals surface area contributed by atoms with Crippen molar-refractivity contribution in [3.63, 3.8) is 0 Å². The standard InChI is InChI=1S/C14H23N3O2/c1-5-14(2,9-18)16-12-7-6-10(8-11(12)15)13(19)17(3)4/h6-8,16,18H,5,9,15H2,1-4H3. The molecule has 0 fully saturated rings. The first-order valence-corrected chi connectivity index (χ1v) is 6.33. The molecule has 0 saturated carbocycles. The number of nitrogens with zero attached hydrogens (tertiary/aromatic N) is 1. The van der Waals surface area contributed by atoms with E-state index in [1.165, 1.54) is 4.90 Å². The molecule has 0 saturated heterocycles. The lowest BCUT2D eigenvalue weighted by Gasteiger charge is -2.29. The Labute approximate surface area is 114 Å². The number of carbonyl (C=O) groups is 1. The highest BCUT2D eigenvalue weighted by atomic mass is 16.3. The van der Waals surface area contributed by atoms with Crippen molar-refractivity contribution in [2.75, 3.05) is 31.8 Å². The molecule has 0 bridgehead atoms. The predicted octanol–water partition coefficient (Wildman–Crippen LogP) is 1.54. The first kappa shape index (κ1) is 15.3. The average molecular weight is 265 g/mol. The first-order valence-electron chi connectivity index (χ1n) is 6.33. The van der Waals surface area contributed by atoms with E-state index < -0.39 is 5.54 Å². The zero-order valence-electron chi connectivity index (χ0n) is 12.0. The largest absolute Gasteiger partial charge is 0.397 e. The molecular weight excluding hydrogens is 242 g/mol. The molecule has 1 unspecified atom stereocenters. The molecule has 1 rings (SSSR count). The third kappa shape index (κ3) is 3.61. The molecule has 19 heavy (non-hydrogen) atoms. The zero-order valence-corrected chi connectivity index (χ0v) is 12.0. The van der Waals surface area contributed by atoms with Gasteiger partial charge in [0.2, 0.25) is 0 Å². The summed E-state index contributed by atoms with van der Waals surface area (Å²) in [6, 6.07) is 5.15. The molecule has 0 heterocycles. The van der Waals surface area contributed by atoms with Gasteiger partial charge in [-0.15, -0.1) is 0 Å². The second kappa shape index (κ2) is 5.93. The first-order chi connectivity index (χ1) is 8.83. The number of hydrogen-bond donors (Lipinski definition) is 3. The fourth-order valence-electron chi connectivity index (χ4n) is 1.63. The number of amides is 1. The normalized spacial score (nSPS) is 13.7. The summed E-state index contributed by atoms with van der Waals surface area (Å²) in [4.78, 5) is 13.3. The van der Waals surface area contributed by atoms with Crippen LogP contribution in [0.5, 0.6) is 0 Å². The van der Waals surface area contributed by atoms with E-state index in [0.29, 0.717) is 11.3 Å². The quantitative estimate of drug-likeness (QED) is 0.706. The van der Waals surface area contributed by atoms with Crippen LogP contribution in [0.2, 0.25) is 0 Å². The molecular formula is C14H23N3O2. The van der Waals surface area contributed by atoms with Crippen LogP contribution in [0.1, 0.15) is 30.6 Å². The molecule has 5 nitrogen and oxygen atoms in total. The molecule has 0 spiro atoms. The van der Waals surface area contributed by atoms with Crippen LogP contribution in [0.4, 0.5) is 11.4 Å². The molecule has 106 valence electrons. The highest BCUT2D eigenvalue weighted by Crippen LogP contribution is 2.25. The number of rotatable bonds is 5. The lowest BCUT2D eigenvalue weighted by Crippen LogP contribution is -2.38. The summed E-state index contributed by atoms with van der Waals surface area (Å²) in [6.07, 6.45) is 0.765. The van der Waals surface area contributed by atoms with Crippen molar-refractivity contribution < 1.29 is 9.90 Å². The van der Waals surface area contributed by atoms with Gasteiger partial charge in [0, 0.05) is 19.7 Å². The maximum absolute atomic E-state index is 11.8. The fraction of sp³-hybridized carbons (Fsp3) is 0.500. The van der Waals surface area contributed by atoms with Crippen molar-refractivity contribution in [3.8, 4) is 0 Å². The Balaban J connectivity index is 2.98. The summed E-state index contributed by atoms with van der Waals surface area (Å²) in [7, 11) is 3.40. The van der Waals surface area contributed by atoms with E-state index in [1.54, 1.807) is 32.3 Å². The van der Waals surface area contributed by atoms with Crippen LogP contribution >= 0.6 is 0 Å². The van der Waals surface area contributed by atoms with E-state index >= 15 is 0 Å². The van der Waals surface area contributed by atoms with Crippen molar-refractivity contribution in [1.82, 2.24) is 4.90 Å². The van der Waals surface area contributed by atoms with Gasteiger partial charge in [0.25, 0.3) is 5.91 Å². The van der Waals surface area contributed by atoms with Crippen molar-refractivity contribution in [3.05, 3.63) is 23.8 Å². The summed E-state index contributed by atoms with van der Waals surface area (Å²) >= 11 is 0. The number of nitrogens with two attached hydrogens (primary N) is 1. The maximum atomic E-state index is 11.8. The Bertz CT molecular complexity index is 454. The SMILES string of the molecule is CCC(C)(CO)Nc1ccc(C(=O)N(C)C)cc1N. The second-order valence-electron chi connectivity index (χ2n) is 5.20. The van der Waals surface area contributed by atoms with E-state index in [9.17, 15) is 9.90 Å². The van der Waals surface area contributed by atoms with Crippen LogP contribution < -0.4 is 11.1 Å². The van der Waals surface area contributed by atoms with E-state index in [-0.39, 0.29) is 12.5 Å². The molecule has 1 atom stereocenters. The van der Waals surface area contributed by atoms with E-state index in [4.69, 9.17) is 5.73 Å². The summed E-state index contributed by atoms with van der Waals surface area (Å²) in [5, 5.41) is 12.6. The van der Waals surface area contributed by atoms with Gasteiger partial charge in [-0.2, -0.15) is 0 Å². The number of aliphatic hydroxyl groups excluding tert-OH is 1. The minimum Gasteiger partial charge on any atom is -0.397 e. The van der Waals surface area contributed by atoms with Gasteiger partial charge in [0.1, 0.15) is 0 Å². The Kier molecular flexibility index (Phi) is 4.78. The van der Waals surface area contributed by atoms with Gasteiger partial charge in [0.15, 0.2) is 0 Å². The van der Waals surface area contributed by atoms with Crippen LogP contribution in [0, 0.1) is 0 Å². The maximum Gasteiger partial charge on any atom is 0.253 e. The molecule has 5 heteroatoms. The minimum atomic E-state index is -0.415. The molecule has 0 aliphatic carbocycles. The number of nitrogens with one attached hydrogen (secondary N) is 1. The molecule has 0 radical (unpaired) electrons. The summed E-state index contributed by atoms with van der Waals surface area (Å²) < 4.78 is 0. The van der Waals surface area contributed by atoms with Crippen molar-refractivity contribution in [2.45, 2.75) is 25.8 Å². The number of hydrogen-bond acceptors (Lipinski definition) is 4. The summed E-state index contributed by atoms with van der Waals surface area (Å²) in [6.45, 7) is 3.93. The van der Waals surface area contributed by atoms with Crippen LogP contribution in [0.3, 0.4) is 0 Å². The third-order valence-corrected chi connectivity index (χ3v) is 3.27. The van der Waals surface area contributed by atoms with Crippen molar-refractivity contribution in [1.29, 1.82) is 0 Å². The zero-order chi connectivity index (χ0) is 14.6. The number of anilines is 2. The summed E-state index contributed by atoms with van der Waals surface area (Å²) in [5.41, 5.74) is 7.33. The van der Waals surface area contributed by atoms with E-state index in [1.807, 2.05) is 13.8 Å². The lowest BCUT2D eigenvalue weighted by molar-refractivity contribution is 0.0827. The highest BCUT2D eigenvalue weighted by molar-refractivity contribution is 5.95. The lowest BCUT2D eigenvalue weighted by atomic mass is 9.99. The van der Waals surface area contributed by atoms with Gasteiger partial charge in [-0.05, 0) is 31.5 Å². The van der Waals surface area contributed by atoms with Crippen LogP contribution in [0.15, 0.2) is 18.2 Å². The molecule has 1 aromatic rings. The van der Waals surface area contributed by atoms with E-state index in [2.05, 4.69) is 5.32 Å². The van der Waals surface area contributed by atoms with Gasteiger partial charge in [0.05, 0.1) is 23.5 Å². The van der Waals surface area contributed by atoms with Crippen LogP contribution in [0.25, 0.3) is 0 Å². The Morgan fingerprint density at radius 3 is 2.53 bits per heavy atom. The van der Waals surface area contributed by atoms with Gasteiger partial charge in [-0.3, -0.25) is 4.79 Å². The smallest absolute Gasteiger partial charge is 0.253 e. The Hall–Kier alpha value is -1.75. The molecule has 1 amide bonds. The van der Waals surface area contributed by atoms with E-state index in [0.717, 1.165) is 12.1 Å². The average Bonchev–Trinajstić information content (AvgIpc) is 2.40. The predicted molar refractivity (Wildman–Crippen MR) is 78.3 cm³/mol. The van der Waals surface area contributed by atoms with Gasteiger partial charge in [-0.1, -0.05) is 6.92 Å². The Morgan fingerprint density at radius 2 is 2.11 bits per heavy atom. The minimum absolute atomic E-state index is 0.0152. The number of benzene rings is 1. The molecule has 0 aromatic heterocycles.